The van der Waals surface area contributed by atoms with Gasteiger partial charge in [-0.05, 0) is 32.9 Å². The zero-order chi connectivity index (χ0) is 13.8. The van der Waals surface area contributed by atoms with Crippen LogP contribution >= 0.6 is 0 Å². The van der Waals surface area contributed by atoms with Gasteiger partial charge in [0, 0.05) is 12.0 Å². The van der Waals surface area contributed by atoms with Crippen molar-refractivity contribution in [1.29, 1.82) is 0 Å². The lowest BCUT2D eigenvalue weighted by Crippen LogP contribution is -2.29. The molecular formula is C14H17FO3. The minimum absolute atomic E-state index is 0.00468. The predicted molar refractivity (Wildman–Crippen MR) is 65.8 cm³/mol. The molecule has 18 heavy (non-hydrogen) atoms. The van der Waals surface area contributed by atoms with Crippen molar-refractivity contribution in [2.75, 3.05) is 6.61 Å². The Morgan fingerprint density at radius 1 is 1.33 bits per heavy atom. The molecule has 0 aliphatic rings. The third-order valence-electron chi connectivity index (χ3n) is 2.58. The maximum atomic E-state index is 13.0. The van der Waals surface area contributed by atoms with E-state index in [0.29, 0.717) is 0 Å². The average Bonchev–Trinajstić information content (AvgIpc) is 2.28. The van der Waals surface area contributed by atoms with Gasteiger partial charge < -0.3 is 4.74 Å². The van der Waals surface area contributed by atoms with Crippen LogP contribution in [0.5, 0.6) is 0 Å². The van der Waals surface area contributed by atoms with E-state index in [-0.39, 0.29) is 24.4 Å². The quantitative estimate of drug-likeness (QED) is 0.597. The first-order valence-corrected chi connectivity index (χ1v) is 5.83. The summed E-state index contributed by atoms with van der Waals surface area (Å²) in [5, 5.41) is 0. The molecule has 0 amide bonds. The van der Waals surface area contributed by atoms with Crippen LogP contribution in [-0.4, -0.2) is 18.4 Å². The molecular weight excluding hydrogens is 235 g/mol. The van der Waals surface area contributed by atoms with Crippen LogP contribution in [-0.2, 0) is 9.53 Å². The number of hydrogen-bond acceptors (Lipinski definition) is 3. The minimum Gasteiger partial charge on any atom is -0.466 e. The molecule has 0 bridgehead atoms. The summed E-state index contributed by atoms with van der Waals surface area (Å²) in [7, 11) is 0. The van der Waals surface area contributed by atoms with E-state index in [1.807, 2.05) is 0 Å². The van der Waals surface area contributed by atoms with Gasteiger partial charge in [-0.1, -0.05) is 12.1 Å². The Kier molecular flexibility index (Phi) is 4.59. The Hall–Kier alpha value is -1.71. The first kappa shape index (κ1) is 14.4. The van der Waals surface area contributed by atoms with Gasteiger partial charge >= 0.3 is 5.97 Å². The number of rotatable bonds is 5. The number of carbonyl (C=O) groups is 2. The van der Waals surface area contributed by atoms with E-state index < -0.39 is 17.2 Å². The topological polar surface area (TPSA) is 43.4 Å². The summed E-state index contributed by atoms with van der Waals surface area (Å²) in [6.07, 6.45) is -0.00468. The van der Waals surface area contributed by atoms with Crippen molar-refractivity contribution in [2.24, 2.45) is 5.41 Å². The van der Waals surface area contributed by atoms with Gasteiger partial charge in [-0.3, -0.25) is 9.59 Å². The van der Waals surface area contributed by atoms with Crippen LogP contribution < -0.4 is 0 Å². The Balaban J connectivity index is 2.78. The highest BCUT2D eigenvalue weighted by atomic mass is 19.1. The van der Waals surface area contributed by atoms with Gasteiger partial charge in [0.2, 0.25) is 0 Å². The van der Waals surface area contributed by atoms with Crippen molar-refractivity contribution in [1.82, 2.24) is 0 Å². The van der Waals surface area contributed by atoms with Gasteiger partial charge in [-0.2, -0.15) is 0 Å². The molecule has 0 unspecified atom stereocenters. The van der Waals surface area contributed by atoms with Crippen molar-refractivity contribution in [2.45, 2.75) is 27.2 Å². The van der Waals surface area contributed by atoms with E-state index in [4.69, 9.17) is 4.74 Å². The fourth-order valence-corrected chi connectivity index (χ4v) is 1.56. The molecule has 0 fully saturated rings. The van der Waals surface area contributed by atoms with E-state index in [2.05, 4.69) is 0 Å². The molecule has 1 rings (SSSR count). The molecule has 1 aromatic rings. The van der Waals surface area contributed by atoms with Crippen LogP contribution in [0.1, 0.15) is 37.6 Å². The standard InChI is InChI=1S/C14H17FO3/c1-4-18-13(17)14(2,3)9-12(16)10-6-5-7-11(15)8-10/h5-8H,4,9H2,1-3H3. The highest BCUT2D eigenvalue weighted by molar-refractivity contribution is 5.98. The van der Waals surface area contributed by atoms with Crippen molar-refractivity contribution >= 4 is 11.8 Å². The number of carbonyl (C=O) groups excluding carboxylic acids is 2. The Labute approximate surface area is 106 Å². The second-order valence-corrected chi connectivity index (χ2v) is 4.71. The maximum Gasteiger partial charge on any atom is 0.311 e. The molecule has 0 aromatic heterocycles. The third kappa shape index (κ3) is 3.65. The molecule has 1 aromatic carbocycles. The fourth-order valence-electron chi connectivity index (χ4n) is 1.56. The summed E-state index contributed by atoms with van der Waals surface area (Å²) in [6.45, 7) is 5.27. The van der Waals surface area contributed by atoms with Gasteiger partial charge in [0.25, 0.3) is 0 Å². The van der Waals surface area contributed by atoms with Gasteiger partial charge in [-0.15, -0.1) is 0 Å². The van der Waals surface area contributed by atoms with E-state index in [1.54, 1.807) is 20.8 Å². The minimum atomic E-state index is -0.903. The lowest BCUT2D eigenvalue weighted by Gasteiger charge is -2.21. The summed E-state index contributed by atoms with van der Waals surface area (Å²) in [6, 6.07) is 5.45. The molecule has 0 saturated carbocycles. The SMILES string of the molecule is CCOC(=O)C(C)(C)CC(=O)c1cccc(F)c1. The molecule has 3 nitrogen and oxygen atoms in total. The number of esters is 1. The summed E-state index contributed by atoms with van der Waals surface area (Å²) in [5.41, 5.74) is -0.633. The molecule has 0 N–H and O–H groups in total. The molecule has 0 aliphatic heterocycles. The van der Waals surface area contributed by atoms with Crippen LogP contribution in [0, 0.1) is 11.2 Å². The van der Waals surface area contributed by atoms with Crippen LogP contribution in [0.2, 0.25) is 0 Å². The van der Waals surface area contributed by atoms with Gasteiger partial charge in [0.05, 0.1) is 12.0 Å². The second kappa shape index (κ2) is 5.76. The van der Waals surface area contributed by atoms with Gasteiger partial charge in [-0.25, -0.2) is 4.39 Å². The molecule has 98 valence electrons. The highest BCUT2D eigenvalue weighted by Crippen LogP contribution is 2.25. The molecule has 0 aliphatic carbocycles. The number of ether oxygens (including phenoxy) is 1. The first-order chi connectivity index (χ1) is 8.36. The molecule has 0 saturated heterocycles. The average molecular weight is 252 g/mol. The smallest absolute Gasteiger partial charge is 0.311 e. The van der Waals surface area contributed by atoms with E-state index in [9.17, 15) is 14.0 Å². The summed E-state index contributed by atoms with van der Waals surface area (Å²) < 4.78 is 17.9. The fraction of sp³-hybridized carbons (Fsp3) is 0.429. The highest BCUT2D eigenvalue weighted by Gasteiger charge is 2.32. The van der Waals surface area contributed by atoms with Crippen molar-refractivity contribution < 1.29 is 18.7 Å². The van der Waals surface area contributed by atoms with Crippen molar-refractivity contribution in [3.05, 3.63) is 35.6 Å². The number of hydrogen-bond donors (Lipinski definition) is 0. The lowest BCUT2D eigenvalue weighted by molar-refractivity contribution is -0.153. The third-order valence-corrected chi connectivity index (χ3v) is 2.58. The van der Waals surface area contributed by atoms with E-state index in [0.717, 1.165) is 0 Å². The molecule has 0 spiro atoms. The zero-order valence-corrected chi connectivity index (χ0v) is 10.8. The monoisotopic (exact) mass is 252 g/mol. The van der Waals surface area contributed by atoms with E-state index >= 15 is 0 Å². The lowest BCUT2D eigenvalue weighted by atomic mass is 9.85. The van der Waals surface area contributed by atoms with Crippen molar-refractivity contribution in [3.8, 4) is 0 Å². The maximum absolute atomic E-state index is 13.0. The molecule has 0 radical (unpaired) electrons. The number of Topliss-reactive ketones (excluding diaryl/α,β-unsaturated/α-hetero) is 1. The summed E-state index contributed by atoms with van der Waals surface area (Å²) >= 11 is 0. The van der Waals surface area contributed by atoms with Crippen LogP contribution in [0.4, 0.5) is 4.39 Å². The molecule has 0 heterocycles. The largest absolute Gasteiger partial charge is 0.466 e. The van der Waals surface area contributed by atoms with Crippen LogP contribution in [0.25, 0.3) is 0 Å². The van der Waals surface area contributed by atoms with E-state index in [1.165, 1.54) is 24.3 Å². The predicted octanol–water partition coefficient (Wildman–Crippen LogP) is 2.99. The summed E-state index contributed by atoms with van der Waals surface area (Å²) in [5.74, 6) is -1.16. The normalized spacial score (nSPS) is 11.1. The number of halogens is 1. The number of ketones is 1. The molecule has 4 heteroatoms. The van der Waals surface area contributed by atoms with Crippen molar-refractivity contribution in [3.63, 3.8) is 0 Å². The Morgan fingerprint density at radius 3 is 2.56 bits per heavy atom. The molecule has 0 atom stereocenters. The summed E-state index contributed by atoms with van der Waals surface area (Å²) in [4.78, 5) is 23.6. The van der Waals surface area contributed by atoms with Gasteiger partial charge in [0.15, 0.2) is 5.78 Å². The zero-order valence-electron chi connectivity index (χ0n) is 10.8. The second-order valence-electron chi connectivity index (χ2n) is 4.71. The van der Waals surface area contributed by atoms with Crippen LogP contribution in [0.3, 0.4) is 0 Å². The Bertz CT molecular complexity index is 452. The van der Waals surface area contributed by atoms with Gasteiger partial charge in [0.1, 0.15) is 5.82 Å². The van der Waals surface area contributed by atoms with Crippen LogP contribution in [0.15, 0.2) is 24.3 Å². The number of benzene rings is 1. The Morgan fingerprint density at radius 2 is 2.00 bits per heavy atom. The first-order valence-electron chi connectivity index (χ1n) is 5.83.